The maximum Gasteiger partial charge on any atom is 0.494 e. The van der Waals surface area contributed by atoms with E-state index in [-0.39, 0.29) is 18.5 Å². The molecule has 1 unspecified atom stereocenters. The van der Waals surface area contributed by atoms with E-state index < -0.39 is 37.0 Å². The average Bonchev–Trinajstić information content (AvgIpc) is 2.92. The van der Waals surface area contributed by atoms with Gasteiger partial charge in [0.15, 0.2) is 0 Å². The monoisotopic (exact) mass is 456 g/mol. The van der Waals surface area contributed by atoms with Crippen molar-refractivity contribution in [3.8, 4) is 0 Å². The second-order valence-corrected chi connectivity index (χ2v) is 9.43. The molecule has 1 fully saturated rings. The molecule has 0 saturated carbocycles. The van der Waals surface area contributed by atoms with Crippen LogP contribution in [0.1, 0.15) is 79.3 Å². The number of alkyl halides is 3. The molecule has 0 aromatic heterocycles. The fraction of sp³-hybridized carbons (Fsp3) is 0.696. The van der Waals surface area contributed by atoms with Crippen molar-refractivity contribution < 1.29 is 27.3 Å². The summed E-state index contributed by atoms with van der Waals surface area (Å²) in [5.41, 5.74) is 0.846. The molecular weight excluding hydrogens is 420 g/mol. The van der Waals surface area contributed by atoms with Gasteiger partial charge in [-0.15, -0.1) is 0 Å². The van der Waals surface area contributed by atoms with Gasteiger partial charge in [0.05, 0.1) is 17.2 Å². The molecule has 0 bridgehead atoms. The van der Waals surface area contributed by atoms with Crippen LogP contribution in [0.2, 0.25) is 0 Å². The van der Waals surface area contributed by atoms with Gasteiger partial charge in [-0.1, -0.05) is 31.2 Å². The van der Waals surface area contributed by atoms with Crippen molar-refractivity contribution in [1.29, 1.82) is 0 Å². The first-order valence-electron chi connectivity index (χ1n) is 11.3. The Labute approximate surface area is 190 Å². The summed E-state index contributed by atoms with van der Waals surface area (Å²) in [6.45, 7) is 13.9. The van der Waals surface area contributed by atoms with E-state index in [1.807, 2.05) is 65.8 Å². The molecule has 1 aliphatic rings. The van der Waals surface area contributed by atoms with Crippen LogP contribution in [-0.4, -0.2) is 48.0 Å². The molecular formula is C23H36BF3N2O3. The van der Waals surface area contributed by atoms with Crippen molar-refractivity contribution in [2.75, 3.05) is 6.54 Å². The Balaban J connectivity index is 2.12. The first-order chi connectivity index (χ1) is 14.7. The summed E-state index contributed by atoms with van der Waals surface area (Å²) >= 11 is 0. The first kappa shape index (κ1) is 26.5. The van der Waals surface area contributed by atoms with Crippen molar-refractivity contribution in [1.82, 2.24) is 10.2 Å². The maximum absolute atomic E-state index is 12.9. The summed E-state index contributed by atoms with van der Waals surface area (Å²) in [6.07, 6.45) is -4.84. The van der Waals surface area contributed by atoms with Gasteiger partial charge in [0.25, 0.3) is 0 Å². The maximum atomic E-state index is 12.9. The molecule has 9 heteroatoms. The minimum absolute atomic E-state index is 0.130. The summed E-state index contributed by atoms with van der Waals surface area (Å²) in [5, 5.41) is 2.77. The van der Waals surface area contributed by atoms with E-state index >= 15 is 0 Å². The molecule has 1 saturated heterocycles. The first-order valence-corrected chi connectivity index (χ1v) is 11.3. The summed E-state index contributed by atoms with van der Waals surface area (Å²) in [7, 11) is -0.511. The zero-order valence-electron chi connectivity index (χ0n) is 20.2. The Hall–Kier alpha value is -1.74. The quantitative estimate of drug-likeness (QED) is 0.548. The van der Waals surface area contributed by atoms with Crippen LogP contribution < -0.4 is 10.8 Å². The number of halogens is 3. The van der Waals surface area contributed by atoms with Crippen LogP contribution in [0.5, 0.6) is 0 Å². The highest BCUT2D eigenvalue weighted by atomic mass is 19.4. The second kappa shape index (κ2) is 10.0. The minimum atomic E-state index is -4.23. The Bertz CT molecular complexity index is 770. The molecule has 2 atom stereocenters. The number of amides is 2. The van der Waals surface area contributed by atoms with Crippen LogP contribution in [0.15, 0.2) is 24.3 Å². The highest BCUT2D eigenvalue weighted by Gasteiger charge is 2.51. The van der Waals surface area contributed by atoms with E-state index in [9.17, 15) is 18.0 Å². The predicted molar refractivity (Wildman–Crippen MR) is 121 cm³/mol. The van der Waals surface area contributed by atoms with E-state index in [0.717, 1.165) is 11.0 Å². The number of benzene rings is 1. The number of hydrogen-bond donors (Lipinski definition) is 1. The molecule has 180 valence electrons. The van der Waals surface area contributed by atoms with Gasteiger partial charge in [0, 0.05) is 19.0 Å². The van der Waals surface area contributed by atoms with Crippen molar-refractivity contribution in [3.63, 3.8) is 0 Å². The predicted octanol–water partition coefficient (Wildman–Crippen LogP) is 5.20. The van der Waals surface area contributed by atoms with Crippen molar-refractivity contribution in [2.45, 2.75) is 97.2 Å². The lowest BCUT2D eigenvalue weighted by molar-refractivity contribution is -0.136. The highest BCUT2D eigenvalue weighted by Crippen LogP contribution is 2.36. The van der Waals surface area contributed by atoms with Gasteiger partial charge >= 0.3 is 19.3 Å². The molecule has 1 N–H and O–H groups in total. The van der Waals surface area contributed by atoms with E-state index in [2.05, 4.69) is 5.32 Å². The molecule has 0 aliphatic carbocycles. The third-order valence-electron chi connectivity index (χ3n) is 6.58. The van der Waals surface area contributed by atoms with Gasteiger partial charge in [-0.2, -0.15) is 13.2 Å². The topological polar surface area (TPSA) is 50.8 Å². The Kier molecular flexibility index (Phi) is 8.32. The van der Waals surface area contributed by atoms with E-state index in [0.29, 0.717) is 13.0 Å². The average molecular weight is 456 g/mol. The highest BCUT2D eigenvalue weighted by molar-refractivity contribution is 6.62. The van der Waals surface area contributed by atoms with Gasteiger partial charge in [-0.05, 0) is 65.4 Å². The third kappa shape index (κ3) is 6.41. The zero-order valence-corrected chi connectivity index (χ0v) is 20.2. The van der Waals surface area contributed by atoms with E-state index in [4.69, 9.17) is 9.31 Å². The molecule has 32 heavy (non-hydrogen) atoms. The van der Waals surface area contributed by atoms with Crippen molar-refractivity contribution in [3.05, 3.63) is 29.8 Å². The molecule has 2 amide bonds. The van der Waals surface area contributed by atoms with Gasteiger partial charge in [-0.3, -0.25) is 0 Å². The van der Waals surface area contributed by atoms with E-state index in [1.54, 1.807) is 11.8 Å². The van der Waals surface area contributed by atoms with Gasteiger partial charge in [-0.25, -0.2) is 4.79 Å². The molecule has 0 radical (unpaired) electrons. The number of nitrogens with one attached hydrogen (secondary N) is 1. The van der Waals surface area contributed by atoms with E-state index in [1.165, 1.54) is 0 Å². The Morgan fingerprint density at radius 2 is 1.75 bits per heavy atom. The fourth-order valence-electron chi connectivity index (χ4n) is 3.69. The van der Waals surface area contributed by atoms with Crippen molar-refractivity contribution in [2.24, 2.45) is 0 Å². The van der Waals surface area contributed by atoms with Gasteiger partial charge < -0.3 is 19.5 Å². The summed E-state index contributed by atoms with van der Waals surface area (Å²) in [6, 6.07) is 6.55. The lowest BCUT2D eigenvalue weighted by atomic mass is 9.78. The zero-order chi connectivity index (χ0) is 24.3. The lowest BCUT2D eigenvalue weighted by Gasteiger charge is -2.32. The number of nitrogens with zero attached hydrogens (tertiary/aromatic N) is 1. The molecule has 5 nitrogen and oxygen atoms in total. The fourth-order valence-corrected chi connectivity index (χ4v) is 3.69. The molecule has 1 aliphatic heterocycles. The second-order valence-electron chi connectivity index (χ2n) is 9.43. The largest absolute Gasteiger partial charge is 0.494 e. The normalized spacial score (nSPS) is 19.5. The van der Waals surface area contributed by atoms with Crippen LogP contribution in [0.4, 0.5) is 18.0 Å². The molecule has 1 aromatic carbocycles. The molecule has 2 rings (SSSR count). The van der Waals surface area contributed by atoms with Gasteiger partial charge in [0.1, 0.15) is 0 Å². The molecule has 0 spiro atoms. The summed E-state index contributed by atoms with van der Waals surface area (Å²) in [5.74, 6) is 0. The number of hydrogen-bond acceptors (Lipinski definition) is 3. The van der Waals surface area contributed by atoms with Crippen molar-refractivity contribution >= 4 is 18.6 Å². The van der Waals surface area contributed by atoms with Gasteiger partial charge in [0.2, 0.25) is 0 Å². The minimum Gasteiger partial charge on any atom is -0.399 e. The van der Waals surface area contributed by atoms with Crippen LogP contribution >= 0.6 is 0 Å². The summed E-state index contributed by atoms with van der Waals surface area (Å²) in [4.78, 5) is 14.5. The lowest BCUT2D eigenvalue weighted by Crippen LogP contribution is -2.46. The Morgan fingerprint density at radius 1 is 1.16 bits per heavy atom. The molecule has 1 aromatic rings. The number of rotatable bonds is 8. The SMILES string of the molecule is CCC(CCC(F)(F)F)NC(=O)N(CC)[C@H](C)c1cccc(B2OC(C)(C)C(C)(C)O2)c1. The Morgan fingerprint density at radius 3 is 2.25 bits per heavy atom. The summed E-state index contributed by atoms with van der Waals surface area (Å²) < 4.78 is 50.0. The number of urea groups is 1. The smallest absolute Gasteiger partial charge is 0.399 e. The standard InChI is InChI=1S/C23H36BF3N2O3/c1-8-19(13-14-23(25,26)27)28-20(30)29(9-2)16(3)17-11-10-12-18(15-17)24-31-21(4,5)22(6,7)32-24/h10-12,15-16,19H,8-9,13-14H2,1-7H3,(H,28,30)/t16-,19?/m1/s1. The van der Waals surface area contributed by atoms with Crippen LogP contribution in [0.3, 0.4) is 0 Å². The number of carbonyl (C=O) groups excluding carboxylic acids is 1. The van der Waals surface area contributed by atoms with Crippen LogP contribution in [0.25, 0.3) is 0 Å². The third-order valence-corrected chi connectivity index (χ3v) is 6.58. The van der Waals surface area contributed by atoms with Crippen LogP contribution in [0, 0.1) is 0 Å². The van der Waals surface area contributed by atoms with Crippen LogP contribution in [-0.2, 0) is 9.31 Å². The molecule has 1 heterocycles. The number of carbonyl (C=O) groups is 1.